The lowest BCUT2D eigenvalue weighted by molar-refractivity contribution is 0.0671. The standard InChI is InChI=1S/C11H21N3O/c1-10-8-14(5-3-7-15-10)6-4-11(2,13)9-12/h10H,3-8,13H2,1-2H3. The molecule has 2 atom stereocenters. The van der Waals surface area contributed by atoms with Gasteiger partial charge in [-0.25, -0.2) is 0 Å². The number of rotatable bonds is 3. The molecule has 86 valence electrons. The van der Waals surface area contributed by atoms with E-state index in [9.17, 15) is 0 Å². The summed E-state index contributed by atoms with van der Waals surface area (Å²) in [5.74, 6) is 0. The van der Waals surface area contributed by atoms with Crippen molar-refractivity contribution < 1.29 is 4.74 Å². The van der Waals surface area contributed by atoms with E-state index in [2.05, 4.69) is 17.9 Å². The molecule has 1 aliphatic heterocycles. The fraction of sp³-hybridized carbons (Fsp3) is 0.909. The van der Waals surface area contributed by atoms with Gasteiger partial charge in [0.1, 0.15) is 5.54 Å². The third kappa shape index (κ3) is 4.61. The van der Waals surface area contributed by atoms with Gasteiger partial charge >= 0.3 is 0 Å². The second kappa shape index (κ2) is 5.45. The number of nitrogens with two attached hydrogens (primary N) is 1. The highest BCUT2D eigenvalue weighted by Gasteiger charge is 2.20. The van der Waals surface area contributed by atoms with E-state index in [1.807, 2.05) is 0 Å². The Bertz CT molecular complexity index is 234. The first-order chi connectivity index (χ1) is 7.03. The molecular weight excluding hydrogens is 190 g/mol. The molecule has 0 spiro atoms. The molecule has 4 heteroatoms. The molecule has 1 aliphatic rings. The van der Waals surface area contributed by atoms with Gasteiger partial charge in [0, 0.05) is 26.2 Å². The molecule has 1 fully saturated rings. The molecule has 0 bridgehead atoms. The summed E-state index contributed by atoms with van der Waals surface area (Å²) in [6.07, 6.45) is 2.08. The van der Waals surface area contributed by atoms with Crippen LogP contribution in [0.3, 0.4) is 0 Å². The molecule has 2 N–H and O–H groups in total. The first-order valence-corrected chi connectivity index (χ1v) is 5.57. The van der Waals surface area contributed by atoms with Crippen molar-refractivity contribution in [2.45, 2.75) is 38.3 Å². The zero-order valence-electron chi connectivity index (χ0n) is 9.70. The summed E-state index contributed by atoms with van der Waals surface area (Å²) in [7, 11) is 0. The van der Waals surface area contributed by atoms with Crippen LogP contribution in [-0.4, -0.2) is 42.8 Å². The summed E-state index contributed by atoms with van der Waals surface area (Å²) < 4.78 is 5.55. The van der Waals surface area contributed by atoms with E-state index < -0.39 is 5.54 Å². The van der Waals surface area contributed by atoms with Crippen LogP contribution in [-0.2, 0) is 4.74 Å². The Labute approximate surface area is 92.0 Å². The van der Waals surface area contributed by atoms with Crippen LogP contribution in [0.15, 0.2) is 0 Å². The average Bonchev–Trinajstić information content (AvgIpc) is 2.40. The maximum Gasteiger partial charge on any atom is 0.102 e. The van der Waals surface area contributed by atoms with Crippen molar-refractivity contribution >= 4 is 0 Å². The van der Waals surface area contributed by atoms with E-state index in [0.717, 1.165) is 39.1 Å². The third-order valence-electron chi connectivity index (χ3n) is 2.74. The number of ether oxygens (including phenoxy) is 1. The molecule has 1 rings (SSSR count). The number of hydrogen-bond donors (Lipinski definition) is 1. The summed E-state index contributed by atoms with van der Waals surface area (Å²) in [5, 5.41) is 8.81. The molecule has 4 nitrogen and oxygen atoms in total. The zero-order valence-corrected chi connectivity index (χ0v) is 9.70. The van der Waals surface area contributed by atoms with Gasteiger partial charge in [0.2, 0.25) is 0 Å². The second-order valence-corrected chi connectivity index (χ2v) is 4.61. The predicted molar refractivity (Wildman–Crippen MR) is 59.3 cm³/mol. The van der Waals surface area contributed by atoms with Crippen molar-refractivity contribution in [1.82, 2.24) is 4.90 Å². The lowest BCUT2D eigenvalue weighted by Gasteiger charge is -2.24. The van der Waals surface area contributed by atoms with Gasteiger partial charge in [0.15, 0.2) is 0 Å². The van der Waals surface area contributed by atoms with Crippen LogP contribution in [0.1, 0.15) is 26.7 Å². The minimum absolute atomic E-state index is 0.290. The first-order valence-electron chi connectivity index (χ1n) is 5.57. The molecule has 0 amide bonds. The van der Waals surface area contributed by atoms with Crippen molar-refractivity contribution in [3.8, 4) is 6.07 Å². The lowest BCUT2D eigenvalue weighted by Crippen LogP contribution is -2.40. The molecule has 1 saturated heterocycles. The molecule has 0 aliphatic carbocycles. The van der Waals surface area contributed by atoms with Gasteiger partial charge in [-0.15, -0.1) is 0 Å². The molecule has 1 heterocycles. The minimum Gasteiger partial charge on any atom is -0.377 e. The smallest absolute Gasteiger partial charge is 0.102 e. The maximum atomic E-state index is 8.81. The second-order valence-electron chi connectivity index (χ2n) is 4.61. The molecule has 0 aromatic carbocycles. The van der Waals surface area contributed by atoms with Crippen molar-refractivity contribution in [1.29, 1.82) is 5.26 Å². The lowest BCUT2D eigenvalue weighted by atomic mass is 10.0. The Morgan fingerprint density at radius 1 is 1.67 bits per heavy atom. The summed E-state index contributed by atoms with van der Waals surface area (Å²) in [5.41, 5.74) is 5.09. The van der Waals surface area contributed by atoms with Crippen molar-refractivity contribution in [2.75, 3.05) is 26.2 Å². The highest BCUT2D eigenvalue weighted by atomic mass is 16.5. The van der Waals surface area contributed by atoms with Crippen molar-refractivity contribution in [2.24, 2.45) is 5.73 Å². The van der Waals surface area contributed by atoms with E-state index in [-0.39, 0.29) is 0 Å². The van der Waals surface area contributed by atoms with E-state index >= 15 is 0 Å². The molecule has 2 unspecified atom stereocenters. The van der Waals surface area contributed by atoms with Gasteiger partial charge in [-0.05, 0) is 26.7 Å². The van der Waals surface area contributed by atoms with Crippen LogP contribution < -0.4 is 5.73 Å². The normalized spacial score (nSPS) is 27.7. The van der Waals surface area contributed by atoms with Gasteiger partial charge in [-0.3, -0.25) is 0 Å². The molecule has 0 radical (unpaired) electrons. The van der Waals surface area contributed by atoms with Crippen LogP contribution in [0.5, 0.6) is 0 Å². The highest BCUT2D eigenvalue weighted by Crippen LogP contribution is 2.09. The van der Waals surface area contributed by atoms with E-state index in [1.165, 1.54) is 0 Å². The van der Waals surface area contributed by atoms with Gasteiger partial charge in [0.05, 0.1) is 12.2 Å². The van der Waals surface area contributed by atoms with Crippen LogP contribution in [0, 0.1) is 11.3 Å². The van der Waals surface area contributed by atoms with E-state index in [0.29, 0.717) is 6.10 Å². The summed E-state index contributed by atoms with van der Waals surface area (Å²) >= 11 is 0. The minimum atomic E-state index is -0.698. The van der Waals surface area contributed by atoms with Gasteiger partial charge in [-0.2, -0.15) is 5.26 Å². The molecule has 0 aromatic rings. The molecular formula is C11H21N3O. The highest BCUT2D eigenvalue weighted by molar-refractivity contribution is 5.01. The van der Waals surface area contributed by atoms with E-state index in [1.54, 1.807) is 6.92 Å². The number of nitrogens with zero attached hydrogens (tertiary/aromatic N) is 2. The summed E-state index contributed by atoms with van der Waals surface area (Å²) in [6, 6.07) is 2.13. The van der Waals surface area contributed by atoms with Crippen molar-refractivity contribution in [3.05, 3.63) is 0 Å². The average molecular weight is 211 g/mol. The van der Waals surface area contributed by atoms with Crippen LogP contribution >= 0.6 is 0 Å². The summed E-state index contributed by atoms with van der Waals surface area (Å²) in [6.45, 7) is 7.59. The van der Waals surface area contributed by atoms with Gasteiger partial charge in [-0.1, -0.05) is 0 Å². The first kappa shape index (κ1) is 12.4. The summed E-state index contributed by atoms with van der Waals surface area (Å²) in [4.78, 5) is 2.33. The van der Waals surface area contributed by atoms with Gasteiger partial charge < -0.3 is 15.4 Å². The van der Waals surface area contributed by atoms with Crippen molar-refractivity contribution in [3.63, 3.8) is 0 Å². The van der Waals surface area contributed by atoms with Crippen LogP contribution in [0.25, 0.3) is 0 Å². The maximum absolute atomic E-state index is 8.81. The quantitative estimate of drug-likeness (QED) is 0.747. The van der Waals surface area contributed by atoms with Gasteiger partial charge in [0.25, 0.3) is 0 Å². The Balaban J connectivity index is 2.34. The zero-order chi connectivity index (χ0) is 11.3. The fourth-order valence-corrected chi connectivity index (χ4v) is 1.73. The predicted octanol–water partition coefficient (Wildman–Crippen LogP) is 0.728. The topological polar surface area (TPSA) is 62.3 Å². The number of hydrogen-bond acceptors (Lipinski definition) is 4. The third-order valence-corrected chi connectivity index (χ3v) is 2.74. The SMILES string of the molecule is CC1CN(CCC(C)(N)C#N)CCCO1. The Kier molecular flexibility index (Phi) is 4.52. The molecule has 15 heavy (non-hydrogen) atoms. The Hall–Kier alpha value is -0.630. The number of nitriles is 1. The fourth-order valence-electron chi connectivity index (χ4n) is 1.73. The Morgan fingerprint density at radius 2 is 2.40 bits per heavy atom. The Morgan fingerprint density at radius 3 is 3.07 bits per heavy atom. The molecule has 0 aromatic heterocycles. The molecule has 0 saturated carbocycles. The van der Waals surface area contributed by atoms with Crippen LogP contribution in [0.2, 0.25) is 0 Å². The monoisotopic (exact) mass is 211 g/mol. The largest absolute Gasteiger partial charge is 0.377 e. The van der Waals surface area contributed by atoms with Crippen LogP contribution in [0.4, 0.5) is 0 Å². The van der Waals surface area contributed by atoms with E-state index in [4.69, 9.17) is 15.7 Å².